The third kappa shape index (κ3) is 3.03. The van der Waals surface area contributed by atoms with Crippen LogP contribution in [0.4, 0.5) is 0 Å². The molecule has 2 aromatic carbocycles. The Hall–Kier alpha value is -0.960. The summed E-state index contributed by atoms with van der Waals surface area (Å²) < 4.78 is 0. The largest absolute Gasteiger partial charge is 0.0883 e. The molecule has 2 heteroatoms. The van der Waals surface area contributed by atoms with Crippen molar-refractivity contribution in [3.8, 4) is 11.1 Å². The minimum Gasteiger partial charge on any atom is -0.0883 e. The molecule has 0 radical (unpaired) electrons. The third-order valence-electron chi connectivity index (χ3n) is 3.67. The van der Waals surface area contributed by atoms with Crippen LogP contribution >= 0.6 is 16.4 Å². The summed E-state index contributed by atoms with van der Waals surface area (Å²) in [7, 11) is 4.79. The molecule has 0 fully saturated rings. The van der Waals surface area contributed by atoms with Crippen LogP contribution in [-0.4, -0.2) is 0 Å². The quantitative estimate of drug-likeness (QED) is 0.587. The van der Waals surface area contributed by atoms with Crippen LogP contribution in [0.25, 0.3) is 11.1 Å². The van der Waals surface area contributed by atoms with Gasteiger partial charge in [0.1, 0.15) is 0 Å². The zero-order valence-electron chi connectivity index (χ0n) is 12.6. The van der Waals surface area contributed by atoms with Crippen molar-refractivity contribution in [3.63, 3.8) is 0 Å². The predicted molar refractivity (Wildman–Crippen MR) is 94.9 cm³/mol. The Morgan fingerprint density at radius 3 is 1.85 bits per heavy atom. The summed E-state index contributed by atoms with van der Waals surface area (Å²) in [4.78, 5) is 0. The molecule has 0 amide bonds. The molecule has 0 unspecified atom stereocenters. The van der Waals surface area contributed by atoms with E-state index in [0.717, 1.165) is 7.87 Å². The van der Waals surface area contributed by atoms with Crippen LogP contribution in [0, 0.1) is 0 Å². The van der Waals surface area contributed by atoms with E-state index in [-0.39, 0.29) is 0 Å². The molecular formula is C18H22P2. The van der Waals surface area contributed by atoms with Gasteiger partial charge in [-0.3, -0.25) is 0 Å². The lowest BCUT2D eigenvalue weighted by atomic mass is 9.85. The lowest BCUT2D eigenvalue weighted by Crippen LogP contribution is -2.05. The van der Waals surface area contributed by atoms with Gasteiger partial charge in [0.05, 0.1) is 0 Å². The predicted octanol–water partition coefficient (Wildman–Crippen LogP) is 6.23. The van der Waals surface area contributed by atoms with Gasteiger partial charge < -0.3 is 0 Å². The number of benzene rings is 2. The highest BCUT2D eigenvalue weighted by atomic mass is 31.7. The first-order valence-electron chi connectivity index (χ1n) is 7.16. The van der Waals surface area contributed by atoms with E-state index in [1.54, 1.807) is 0 Å². The Balaban J connectivity index is 2.79. The smallest absolute Gasteiger partial charge is 0.0136 e. The van der Waals surface area contributed by atoms with Gasteiger partial charge >= 0.3 is 0 Å². The highest BCUT2D eigenvalue weighted by Gasteiger charge is 2.16. The third-order valence-corrected chi connectivity index (χ3v) is 5.02. The number of rotatable bonds is 4. The zero-order valence-corrected chi connectivity index (χ0v) is 14.5. The van der Waals surface area contributed by atoms with Crippen LogP contribution in [0.1, 0.15) is 50.7 Å². The molecule has 2 aromatic rings. The first-order valence-corrected chi connectivity index (χ1v) is 9.39. The molecule has 20 heavy (non-hydrogen) atoms. The molecule has 0 aliphatic carbocycles. The second kappa shape index (κ2) is 6.66. The minimum atomic E-state index is 0.531. The molecule has 104 valence electrons. The Morgan fingerprint density at radius 1 is 0.800 bits per heavy atom. The van der Waals surface area contributed by atoms with Crippen LogP contribution in [0.3, 0.4) is 0 Å². The van der Waals surface area contributed by atoms with E-state index in [4.69, 9.17) is 0 Å². The van der Waals surface area contributed by atoms with E-state index in [9.17, 15) is 0 Å². The lowest BCUT2D eigenvalue weighted by Gasteiger charge is -2.21. The number of hydrogen-bond acceptors (Lipinski definition) is 0. The van der Waals surface area contributed by atoms with Crippen LogP contribution in [0.2, 0.25) is 0 Å². The molecule has 0 heterocycles. The molecule has 0 atom stereocenters. The van der Waals surface area contributed by atoms with Crippen molar-refractivity contribution in [1.82, 2.24) is 0 Å². The van der Waals surface area contributed by atoms with Gasteiger partial charge in [0.2, 0.25) is 0 Å². The standard InChI is InChI=1S/C18H22P2/c1-12(2)14-9-7-10-15(13(3)4)18(14)16-8-5-6-11-17(16)20-19/h5-13,19H,1-4H3. The molecule has 0 N–H and O–H groups in total. The SMILES string of the molecule is CC(C)c1cccc(C(C)C)c1-c1ccccc1P=P. The second-order valence-corrected chi connectivity index (χ2v) is 7.13. The van der Waals surface area contributed by atoms with Crippen molar-refractivity contribution in [2.24, 2.45) is 0 Å². The topological polar surface area (TPSA) is 0 Å². The van der Waals surface area contributed by atoms with Gasteiger partial charge in [0.25, 0.3) is 0 Å². The van der Waals surface area contributed by atoms with Crippen LogP contribution < -0.4 is 5.30 Å². The zero-order chi connectivity index (χ0) is 14.7. The molecule has 0 aromatic heterocycles. The molecule has 0 bridgehead atoms. The van der Waals surface area contributed by atoms with Crippen molar-refractivity contribution in [2.75, 3.05) is 0 Å². The summed E-state index contributed by atoms with van der Waals surface area (Å²) in [6.45, 7) is 9.10. The van der Waals surface area contributed by atoms with Crippen LogP contribution in [0.5, 0.6) is 0 Å². The Kier molecular flexibility index (Phi) is 5.14. The molecular weight excluding hydrogens is 278 g/mol. The summed E-state index contributed by atoms with van der Waals surface area (Å²) >= 11 is 0. The minimum absolute atomic E-state index is 0.531. The first-order chi connectivity index (χ1) is 9.56. The molecule has 0 saturated carbocycles. The van der Waals surface area contributed by atoms with Crippen molar-refractivity contribution >= 4 is 21.7 Å². The summed E-state index contributed by atoms with van der Waals surface area (Å²) in [5.41, 5.74) is 5.67. The summed E-state index contributed by atoms with van der Waals surface area (Å²) in [5.74, 6) is 1.06. The lowest BCUT2D eigenvalue weighted by molar-refractivity contribution is 0.838. The molecule has 0 nitrogen and oxygen atoms in total. The maximum absolute atomic E-state index is 3.65. The summed E-state index contributed by atoms with van der Waals surface area (Å²) in [5, 5.41) is 1.33. The van der Waals surface area contributed by atoms with Gasteiger partial charge in [-0.1, -0.05) is 72.6 Å². The monoisotopic (exact) mass is 300 g/mol. The molecule has 0 aliphatic heterocycles. The van der Waals surface area contributed by atoms with Crippen molar-refractivity contribution < 1.29 is 0 Å². The second-order valence-electron chi connectivity index (χ2n) is 5.75. The highest BCUT2D eigenvalue weighted by Crippen LogP contribution is 2.36. The number of hydrogen-bond donors (Lipinski definition) is 0. The van der Waals surface area contributed by atoms with E-state index < -0.39 is 0 Å². The van der Waals surface area contributed by atoms with Gasteiger partial charge in [-0.05, 0) is 48.0 Å². The van der Waals surface area contributed by atoms with E-state index in [1.807, 2.05) is 0 Å². The molecule has 0 saturated heterocycles. The maximum Gasteiger partial charge on any atom is 0.0136 e. The fourth-order valence-corrected chi connectivity index (χ4v) is 3.70. The van der Waals surface area contributed by atoms with Crippen LogP contribution in [-0.2, 0) is 0 Å². The van der Waals surface area contributed by atoms with E-state index in [0.29, 0.717) is 11.8 Å². The Labute approximate surface area is 126 Å². The van der Waals surface area contributed by atoms with Gasteiger partial charge in [0, 0.05) is 5.30 Å². The van der Waals surface area contributed by atoms with E-state index in [2.05, 4.69) is 78.7 Å². The molecule has 2 rings (SSSR count). The van der Waals surface area contributed by atoms with E-state index >= 15 is 0 Å². The summed E-state index contributed by atoms with van der Waals surface area (Å²) in [6.07, 6.45) is 0. The van der Waals surface area contributed by atoms with Gasteiger partial charge in [-0.15, -0.1) is 0 Å². The fraction of sp³-hybridized carbons (Fsp3) is 0.333. The van der Waals surface area contributed by atoms with Crippen molar-refractivity contribution in [3.05, 3.63) is 53.6 Å². The Bertz CT molecular complexity index is 586. The average molecular weight is 300 g/mol. The molecule has 0 spiro atoms. The van der Waals surface area contributed by atoms with E-state index in [1.165, 1.54) is 27.6 Å². The molecule has 0 aliphatic rings. The maximum atomic E-state index is 3.65. The average Bonchev–Trinajstić information content (AvgIpc) is 2.46. The van der Waals surface area contributed by atoms with Gasteiger partial charge in [-0.25, -0.2) is 0 Å². The van der Waals surface area contributed by atoms with Crippen molar-refractivity contribution in [1.29, 1.82) is 0 Å². The Morgan fingerprint density at radius 2 is 1.35 bits per heavy atom. The summed E-state index contributed by atoms with van der Waals surface area (Å²) in [6, 6.07) is 15.4. The normalized spacial score (nSPS) is 11.5. The van der Waals surface area contributed by atoms with Gasteiger partial charge in [-0.2, -0.15) is 0 Å². The van der Waals surface area contributed by atoms with Crippen LogP contribution in [0.15, 0.2) is 42.5 Å². The van der Waals surface area contributed by atoms with Gasteiger partial charge in [0.15, 0.2) is 0 Å². The fourth-order valence-electron chi connectivity index (χ4n) is 2.64. The first kappa shape index (κ1) is 15.4. The van der Waals surface area contributed by atoms with Crippen molar-refractivity contribution in [2.45, 2.75) is 39.5 Å². The highest BCUT2D eigenvalue weighted by molar-refractivity contribution is 7.79.